The lowest BCUT2D eigenvalue weighted by atomic mass is 9.81. The van der Waals surface area contributed by atoms with Crippen LogP contribution in [0.5, 0.6) is 0 Å². The molecule has 0 aromatic rings. The molecule has 1 saturated heterocycles. The molecule has 0 amide bonds. The SMILES string of the molecule is CCNCC(CC)(CC)CN1CCOCC1C. The minimum absolute atomic E-state index is 0.432. The lowest BCUT2D eigenvalue weighted by Crippen LogP contribution is -2.51. The Bertz CT molecular complexity index is 204. The zero-order valence-electron chi connectivity index (χ0n) is 12.1. The highest BCUT2D eigenvalue weighted by atomic mass is 16.5. The molecule has 1 N–H and O–H groups in total. The summed E-state index contributed by atoms with van der Waals surface area (Å²) in [5, 5.41) is 3.54. The summed E-state index contributed by atoms with van der Waals surface area (Å²) in [7, 11) is 0. The molecular formula is C14H30N2O. The number of nitrogens with zero attached hydrogens (tertiary/aromatic N) is 1. The number of hydrogen-bond acceptors (Lipinski definition) is 3. The summed E-state index contributed by atoms with van der Waals surface area (Å²) in [6.45, 7) is 15.4. The molecule has 0 aliphatic carbocycles. The van der Waals surface area contributed by atoms with Crippen molar-refractivity contribution in [1.29, 1.82) is 0 Å². The second-order valence-corrected chi connectivity index (χ2v) is 5.38. The van der Waals surface area contributed by atoms with Crippen molar-refractivity contribution < 1.29 is 4.74 Å². The van der Waals surface area contributed by atoms with Crippen molar-refractivity contribution >= 4 is 0 Å². The van der Waals surface area contributed by atoms with E-state index in [0.29, 0.717) is 11.5 Å². The fraction of sp³-hybridized carbons (Fsp3) is 1.00. The second-order valence-electron chi connectivity index (χ2n) is 5.38. The largest absolute Gasteiger partial charge is 0.379 e. The summed E-state index contributed by atoms with van der Waals surface area (Å²) >= 11 is 0. The molecule has 0 bridgehead atoms. The molecule has 3 heteroatoms. The lowest BCUT2D eigenvalue weighted by molar-refractivity contribution is -0.0220. The Morgan fingerprint density at radius 2 is 2.00 bits per heavy atom. The smallest absolute Gasteiger partial charge is 0.0619 e. The van der Waals surface area contributed by atoms with Crippen LogP contribution in [0, 0.1) is 5.41 Å². The number of nitrogens with one attached hydrogen (secondary N) is 1. The minimum atomic E-state index is 0.432. The van der Waals surface area contributed by atoms with Crippen LogP contribution in [0.2, 0.25) is 0 Å². The highest BCUT2D eigenvalue weighted by Crippen LogP contribution is 2.28. The van der Waals surface area contributed by atoms with Gasteiger partial charge in [-0.05, 0) is 31.7 Å². The monoisotopic (exact) mass is 242 g/mol. The van der Waals surface area contributed by atoms with Gasteiger partial charge >= 0.3 is 0 Å². The van der Waals surface area contributed by atoms with Crippen LogP contribution in [-0.2, 0) is 4.74 Å². The van der Waals surface area contributed by atoms with Gasteiger partial charge in [0, 0.05) is 25.7 Å². The molecule has 1 fully saturated rings. The van der Waals surface area contributed by atoms with E-state index < -0.39 is 0 Å². The van der Waals surface area contributed by atoms with Gasteiger partial charge in [0.05, 0.1) is 13.2 Å². The molecule has 3 nitrogen and oxygen atoms in total. The average Bonchev–Trinajstić information content (AvgIpc) is 2.37. The minimum Gasteiger partial charge on any atom is -0.379 e. The third-order valence-electron chi connectivity index (χ3n) is 4.29. The molecule has 0 saturated carbocycles. The van der Waals surface area contributed by atoms with Gasteiger partial charge in [-0.15, -0.1) is 0 Å². The van der Waals surface area contributed by atoms with Crippen molar-refractivity contribution in [2.75, 3.05) is 39.4 Å². The summed E-state index contributed by atoms with van der Waals surface area (Å²) in [4.78, 5) is 2.60. The summed E-state index contributed by atoms with van der Waals surface area (Å²) in [5.74, 6) is 0. The maximum Gasteiger partial charge on any atom is 0.0619 e. The van der Waals surface area contributed by atoms with Crippen molar-refractivity contribution in [3.8, 4) is 0 Å². The molecule has 0 aromatic heterocycles. The summed E-state index contributed by atoms with van der Waals surface area (Å²) in [5.41, 5.74) is 0.432. The van der Waals surface area contributed by atoms with Crippen LogP contribution >= 0.6 is 0 Å². The fourth-order valence-corrected chi connectivity index (χ4v) is 2.60. The van der Waals surface area contributed by atoms with Crippen LogP contribution in [0.25, 0.3) is 0 Å². The Kier molecular flexibility index (Phi) is 6.45. The zero-order chi connectivity index (χ0) is 12.7. The number of rotatable bonds is 7. The summed E-state index contributed by atoms with van der Waals surface area (Å²) in [6.07, 6.45) is 2.50. The van der Waals surface area contributed by atoms with E-state index in [1.807, 2.05) is 0 Å². The Labute approximate surface area is 107 Å². The van der Waals surface area contributed by atoms with Crippen molar-refractivity contribution in [3.63, 3.8) is 0 Å². The van der Waals surface area contributed by atoms with Crippen LogP contribution in [0.1, 0.15) is 40.5 Å². The summed E-state index contributed by atoms with van der Waals surface area (Å²) < 4.78 is 5.52. The first-order valence-electron chi connectivity index (χ1n) is 7.20. The van der Waals surface area contributed by atoms with Gasteiger partial charge in [0.15, 0.2) is 0 Å². The van der Waals surface area contributed by atoms with Crippen LogP contribution < -0.4 is 5.32 Å². The Hall–Kier alpha value is -0.120. The molecule has 1 aliphatic rings. The maximum absolute atomic E-state index is 5.52. The number of ether oxygens (including phenoxy) is 1. The molecular weight excluding hydrogens is 212 g/mol. The van der Waals surface area contributed by atoms with E-state index in [1.165, 1.54) is 19.4 Å². The number of hydrogen-bond donors (Lipinski definition) is 1. The molecule has 17 heavy (non-hydrogen) atoms. The van der Waals surface area contributed by atoms with Gasteiger partial charge in [0.1, 0.15) is 0 Å². The van der Waals surface area contributed by atoms with Gasteiger partial charge < -0.3 is 10.1 Å². The molecule has 1 heterocycles. The van der Waals surface area contributed by atoms with Gasteiger partial charge in [-0.25, -0.2) is 0 Å². The van der Waals surface area contributed by atoms with E-state index in [-0.39, 0.29) is 0 Å². The molecule has 0 aromatic carbocycles. The van der Waals surface area contributed by atoms with Crippen LogP contribution in [0.3, 0.4) is 0 Å². The normalized spacial score (nSPS) is 22.9. The second kappa shape index (κ2) is 7.34. The van der Waals surface area contributed by atoms with Crippen molar-refractivity contribution in [3.05, 3.63) is 0 Å². The summed E-state index contributed by atoms with van der Waals surface area (Å²) in [6, 6.07) is 0.572. The predicted octanol–water partition coefficient (Wildman–Crippen LogP) is 2.12. The molecule has 0 spiro atoms. The van der Waals surface area contributed by atoms with Crippen LogP contribution in [0.15, 0.2) is 0 Å². The molecule has 1 rings (SSSR count). The molecule has 1 atom stereocenters. The lowest BCUT2D eigenvalue weighted by Gasteiger charge is -2.42. The topological polar surface area (TPSA) is 24.5 Å². The van der Waals surface area contributed by atoms with E-state index in [9.17, 15) is 0 Å². The zero-order valence-corrected chi connectivity index (χ0v) is 12.1. The van der Waals surface area contributed by atoms with Crippen molar-refractivity contribution in [2.24, 2.45) is 5.41 Å². The Balaban J connectivity index is 2.57. The van der Waals surface area contributed by atoms with Crippen LogP contribution in [-0.4, -0.2) is 50.3 Å². The van der Waals surface area contributed by atoms with Gasteiger partial charge in [0.25, 0.3) is 0 Å². The molecule has 1 aliphatic heterocycles. The maximum atomic E-state index is 5.52. The van der Waals surface area contributed by atoms with Gasteiger partial charge in [-0.1, -0.05) is 20.8 Å². The first-order chi connectivity index (χ1) is 8.17. The van der Waals surface area contributed by atoms with Crippen molar-refractivity contribution in [2.45, 2.75) is 46.6 Å². The third-order valence-corrected chi connectivity index (χ3v) is 4.29. The highest BCUT2D eigenvalue weighted by Gasteiger charge is 2.31. The first kappa shape index (κ1) is 14.9. The standard InChI is InChI=1S/C14H30N2O/c1-5-14(6-2,11-15-7-3)12-16-8-9-17-10-13(16)4/h13,15H,5-12H2,1-4H3. The first-order valence-corrected chi connectivity index (χ1v) is 7.20. The third kappa shape index (κ3) is 4.23. The Morgan fingerprint density at radius 1 is 1.29 bits per heavy atom. The van der Waals surface area contributed by atoms with E-state index in [1.54, 1.807) is 0 Å². The van der Waals surface area contributed by atoms with Crippen molar-refractivity contribution in [1.82, 2.24) is 10.2 Å². The van der Waals surface area contributed by atoms with Crippen LogP contribution in [0.4, 0.5) is 0 Å². The average molecular weight is 242 g/mol. The van der Waals surface area contributed by atoms with E-state index in [2.05, 4.69) is 37.9 Å². The van der Waals surface area contributed by atoms with Gasteiger partial charge in [-0.2, -0.15) is 0 Å². The highest BCUT2D eigenvalue weighted by molar-refractivity contribution is 4.85. The number of morpholine rings is 1. The molecule has 102 valence electrons. The van der Waals surface area contributed by atoms with Gasteiger partial charge in [-0.3, -0.25) is 4.90 Å². The Morgan fingerprint density at radius 3 is 2.53 bits per heavy atom. The van der Waals surface area contributed by atoms with E-state index in [0.717, 1.165) is 32.8 Å². The molecule has 1 unspecified atom stereocenters. The molecule has 0 radical (unpaired) electrons. The van der Waals surface area contributed by atoms with E-state index in [4.69, 9.17) is 4.74 Å². The fourth-order valence-electron chi connectivity index (χ4n) is 2.60. The predicted molar refractivity (Wildman–Crippen MR) is 73.4 cm³/mol. The van der Waals surface area contributed by atoms with E-state index >= 15 is 0 Å². The quantitative estimate of drug-likeness (QED) is 0.740. The van der Waals surface area contributed by atoms with Gasteiger partial charge in [0.2, 0.25) is 0 Å².